The summed E-state index contributed by atoms with van der Waals surface area (Å²) in [7, 11) is 1.41. The fourth-order valence-corrected chi connectivity index (χ4v) is 6.18. The van der Waals surface area contributed by atoms with Crippen LogP contribution < -0.4 is 0 Å². The van der Waals surface area contributed by atoms with Gasteiger partial charge >= 0.3 is 5.97 Å². The number of ether oxygens (including phenoxy) is 1. The van der Waals surface area contributed by atoms with Gasteiger partial charge in [-0.1, -0.05) is 54.6 Å². The number of hydrogen-bond donors (Lipinski definition) is 0. The second-order valence-electron chi connectivity index (χ2n) is 10.9. The number of aromatic nitrogens is 1. The normalized spacial score (nSPS) is 18.1. The third-order valence-corrected chi connectivity index (χ3v) is 8.41. The van der Waals surface area contributed by atoms with E-state index in [9.17, 15) is 9.59 Å². The van der Waals surface area contributed by atoms with Crippen molar-refractivity contribution in [3.8, 4) is 11.1 Å². The number of rotatable bonds is 9. The lowest BCUT2D eigenvalue weighted by atomic mass is 9.85. The van der Waals surface area contributed by atoms with Crippen LogP contribution in [0.15, 0.2) is 91.3 Å². The maximum absolute atomic E-state index is 13.2. The molecule has 2 aliphatic rings. The first kappa shape index (κ1) is 26.1. The topological polar surface area (TPSA) is 59.5 Å². The van der Waals surface area contributed by atoms with Crippen molar-refractivity contribution in [2.45, 2.75) is 44.7 Å². The lowest BCUT2D eigenvalue weighted by Crippen LogP contribution is -2.31. The second kappa shape index (κ2) is 11.6. The van der Waals surface area contributed by atoms with Gasteiger partial charge in [-0.15, -0.1) is 0 Å². The molecule has 1 aliphatic carbocycles. The number of methoxy groups -OCH3 is 1. The van der Waals surface area contributed by atoms with Crippen LogP contribution in [0.4, 0.5) is 0 Å². The van der Waals surface area contributed by atoms with Gasteiger partial charge in [0.05, 0.1) is 12.7 Å². The summed E-state index contributed by atoms with van der Waals surface area (Å²) in [4.78, 5) is 32.0. The Morgan fingerprint density at radius 1 is 0.950 bits per heavy atom. The monoisotopic (exact) mass is 530 g/mol. The molecule has 0 saturated heterocycles. The van der Waals surface area contributed by atoms with E-state index in [1.54, 1.807) is 6.07 Å². The van der Waals surface area contributed by atoms with Crippen LogP contribution in [-0.2, 0) is 35.5 Å². The third kappa shape index (κ3) is 5.61. The third-order valence-electron chi connectivity index (χ3n) is 8.41. The number of hydrogen-bond acceptors (Lipinski definition) is 5. The van der Waals surface area contributed by atoms with Crippen LogP contribution in [-0.4, -0.2) is 35.3 Å². The van der Waals surface area contributed by atoms with Gasteiger partial charge in [0.15, 0.2) is 0 Å². The number of aryl methyl sites for hydroxylation is 1. The van der Waals surface area contributed by atoms with E-state index in [1.165, 1.54) is 34.9 Å². The molecule has 3 aromatic carbocycles. The Balaban J connectivity index is 1.25. The van der Waals surface area contributed by atoms with E-state index in [4.69, 9.17) is 4.74 Å². The molecule has 2 atom stereocenters. The Labute approximate surface area is 235 Å². The number of Topliss-reactive ketones (excluding diaryl/α,β-unsaturated/α-hetero) is 1. The molecule has 202 valence electrons. The van der Waals surface area contributed by atoms with Crippen molar-refractivity contribution in [3.05, 3.63) is 125 Å². The summed E-state index contributed by atoms with van der Waals surface area (Å²) in [5.74, 6) is 0.579. The van der Waals surface area contributed by atoms with Crippen LogP contribution in [0.25, 0.3) is 11.1 Å². The predicted octanol–water partition coefficient (Wildman–Crippen LogP) is 6.40. The van der Waals surface area contributed by atoms with Gasteiger partial charge in [-0.05, 0) is 88.4 Å². The van der Waals surface area contributed by atoms with E-state index < -0.39 is 0 Å². The lowest BCUT2D eigenvalue weighted by molar-refractivity contribution is -0.120. The summed E-state index contributed by atoms with van der Waals surface area (Å²) in [5, 5.41) is 0. The van der Waals surface area contributed by atoms with Crippen molar-refractivity contribution in [2.75, 3.05) is 13.7 Å². The van der Waals surface area contributed by atoms with Gasteiger partial charge in [0.25, 0.3) is 0 Å². The summed E-state index contributed by atoms with van der Waals surface area (Å²) >= 11 is 0. The Morgan fingerprint density at radius 2 is 1.77 bits per heavy atom. The van der Waals surface area contributed by atoms with Crippen LogP contribution in [0.2, 0.25) is 0 Å². The zero-order chi connectivity index (χ0) is 27.5. The fourth-order valence-electron chi connectivity index (χ4n) is 6.18. The Morgan fingerprint density at radius 3 is 2.58 bits per heavy atom. The maximum atomic E-state index is 13.2. The molecule has 0 N–H and O–H groups in total. The Bertz CT molecular complexity index is 1520. The second-order valence-corrected chi connectivity index (χ2v) is 10.9. The molecule has 0 spiro atoms. The Kier molecular flexibility index (Phi) is 7.56. The van der Waals surface area contributed by atoms with Gasteiger partial charge in [0, 0.05) is 44.4 Å². The lowest BCUT2D eigenvalue weighted by Gasteiger charge is -2.32. The van der Waals surface area contributed by atoms with Crippen molar-refractivity contribution in [1.82, 2.24) is 9.88 Å². The summed E-state index contributed by atoms with van der Waals surface area (Å²) in [5.41, 5.74) is 9.17. The first-order valence-electron chi connectivity index (χ1n) is 14.1. The average molecular weight is 531 g/mol. The smallest absolute Gasteiger partial charge is 0.337 e. The number of benzene rings is 3. The first-order chi connectivity index (χ1) is 19.6. The summed E-state index contributed by atoms with van der Waals surface area (Å²) in [6.45, 7) is 2.65. The quantitative estimate of drug-likeness (QED) is 0.234. The molecule has 5 nitrogen and oxygen atoms in total. The van der Waals surface area contributed by atoms with E-state index in [-0.39, 0.29) is 11.9 Å². The van der Waals surface area contributed by atoms with E-state index in [0.717, 1.165) is 50.0 Å². The van der Waals surface area contributed by atoms with E-state index >= 15 is 0 Å². The molecule has 6 rings (SSSR count). The van der Waals surface area contributed by atoms with Gasteiger partial charge in [0.2, 0.25) is 0 Å². The van der Waals surface area contributed by atoms with Crippen LogP contribution >= 0.6 is 0 Å². The predicted molar refractivity (Wildman–Crippen MR) is 156 cm³/mol. The molecule has 1 saturated carbocycles. The number of carbonyl (C=O) groups excluding carboxylic acids is 2. The van der Waals surface area contributed by atoms with E-state index in [1.807, 2.05) is 30.6 Å². The van der Waals surface area contributed by atoms with Gasteiger partial charge in [-0.3, -0.25) is 14.7 Å². The largest absolute Gasteiger partial charge is 0.465 e. The van der Waals surface area contributed by atoms with Gasteiger partial charge in [-0.2, -0.15) is 0 Å². The summed E-state index contributed by atoms with van der Waals surface area (Å²) < 4.78 is 4.96. The first-order valence-corrected chi connectivity index (χ1v) is 14.1. The molecule has 2 heterocycles. The minimum absolute atomic E-state index is 0.154. The Hall–Kier alpha value is -4.09. The number of pyridine rings is 1. The number of ketones is 1. The zero-order valence-corrected chi connectivity index (χ0v) is 22.9. The highest BCUT2D eigenvalue weighted by Crippen LogP contribution is 2.48. The molecular weight excluding hydrogens is 496 g/mol. The molecule has 0 radical (unpaired) electrons. The molecule has 1 aromatic heterocycles. The van der Waals surface area contributed by atoms with Crippen molar-refractivity contribution >= 4 is 11.8 Å². The van der Waals surface area contributed by atoms with Crippen molar-refractivity contribution < 1.29 is 14.3 Å². The number of esters is 1. The molecule has 1 aliphatic heterocycles. The highest BCUT2D eigenvalue weighted by molar-refractivity contribution is 5.91. The van der Waals surface area contributed by atoms with Gasteiger partial charge < -0.3 is 4.74 Å². The molecule has 1 fully saturated rings. The number of nitrogens with zero attached hydrogens (tertiary/aromatic N) is 2. The molecule has 2 unspecified atom stereocenters. The summed E-state index contributed by atoms with van der Waals surface area (Å²) in [6.07, 6.45) is 6.90. The van der Waals surface area contributed by atoms with Crippen LogP contribution in [0.5, 0.6) is 0 Å². The molecule has 5 heteroatoms. The molecule has 4 aromatic rings. The molecule has 0 amide bonds. The van der Waals surface area contributed by atoms with Gasteiger partial charge in [0.1, 0.15) is 5.78 Å². The van der Waals surface area contributed by atoms with E-state index in [2.05, 4.69) is 64.5 Å². The van der Waals surface area contributed by atoms with Crippen LogP contribution in [0.3, 0.4) is 0 Å². The maximum Gasteiger partial charge on any atom is 0.337 e. The summed E-state index contributed by atoms with van der Waals surface area (Å²) in [6, 6.07) is 26.6. The molecular formula is C35H34N2O3. The SMILES string of the molecule is COC(=O)c1cccc(-c2ccc(CCC(=O)C3CC3c3ccccc3)c3c2CCN(Cc2ccncc2)C3)c1. The van der Waals surface area contributed by atoms with E-state index in [0.29, 0.717) is 23.7 Å². The highest BCUT2D eigenvalue weighted by Gasteiger charge is 2.43. The van der Waals surface area contributed by atoms with Crippen LogP contribution in [0, 0.1) is 5.92 Å². The standard InChI is InChI=1S/C35H34N2O3/c1-40-35(39)28-9-5-8-27(20-28)29-12-10-26(11-13-34(38)32-21-31(32)25-6-3-2-4-7-25)33-23-37(19-16-30(29)33)22-24-14-17-36-18-15-24/h2-10,12,14-15,17-18,20,31-32H,11,13,16,19,21-23H2,1H3. The highest BCUT2D eigenvalue weighted by atomic mass is 16.5. The fraction of sp³-hybridized carbons (Fsp3) is 0.286. The number of carbonyl (C=O) groups is 2. The molecule has 0 bridgehead atoms. The van der Waals surface area contributed by atoms with Crippen LogP contribution in [0.1, 0.15) is 56.9 Å². The van der Waals surface area contributed by atoms with Crippen molar-refractivity contribution in [3.63, 3.8) is 0 Å². The van der Waals surface area contributed by atoms with Crippen molar-refractivity contribution in [1.29, 1.82) is 0 Å². The van der Waals surface area contributed by atoms with Gasteiger partial charge in [-0.25, -0.2) is 4.79 Å². The van der Waals surface area contributed by atoms with Crippen molar-refractivity contribution in [2.24, 2.45) is 5.92 Å². The zero-order valence-electron chi connectivity index (χ0n) is 22.9. The minimum Gasteiger partial charge on any atom is -0.465 e. The average Bonchev–Trinajstić information content (AvgIpc) is 3.82. The molecule has 40 heavy (non-hydrogen) atoms. The number of fused-ring (bicyclic) bond motifs is 1. The minimum atomic E-state index is -0.330.